The van der Waals surface area contributed by atoms with Crippen LogP contribution < -0.4 is 10.1 Å². The van der Waals surface area contributed by atoms with Gasteiger partial charge < -0.3 is 10.1 Å². The minimum Gasteiger partial charge on any atom is -0.425 e. The molecule has 4 nitrogen and oxygen atoms in total. The fraction of sp³-hybridized carbons (Fsp3) is 0.467. The zero-order valence-corrected chi connectivity index (χ0v) is 10.9. The summed E-state index contributed by atoms with van der Waals surface area (Å²) in [5.74, 6) is 0.491. The van der Waals surface area contributed by atoms with E-state index < -0.39 is 5.97 Å². The Labute approximate surface area is 113 Å². The number of para-hydroxylation sites is 1. The fourth-order valence-corrected chi connectivity index (χ4v) is 2.38. The van der Waals surface area contributed by atoms with E-state index in [0.29, 0.717) is 18.1 Å². The lowest BCUT2D eigenvalue weighted by Gasteiger charge is -2.09. The number of rotatable bonds is 5. The van der Waals surface area contributed by atoms with Crippen molar-refractivity contribution >= 4 is 11.9 Å². The Hall–Kier alpha value is -1.84. The molecule has 19 heavy (non-hydrogen) atoms. The van der Waals surface area contributed by atoms with Gasteiger partial charge in [-0.15, -0.1) is 0 Å². The monoisotopic (exact) mass is 261 g/mol. The molecule has 1 aromatic rings. The fourth-order valence-electron chi connectivity index (χ4n) is 2.38. The van der Waals surface area contributed by atoms with Crippen molar-refractivity contribution in [2.75, 3.05) is 6.54 Å². The summed E-state index contributed by atoms with van der Waals surface area (Å²) in [6, 6.07) is 8.85. The van der Waals surface area contributed by atoms with E-state index >= 15 is 0 Å². The van der Waals surface area contributed by atoms with Gasteiger partial charge in [0, 0.05) is 6.42 Å². The lowest BCUT2D eigenvalue weighted by molar-refractivity contribution is -0.135. The molecule has 1 fully saturated rings. The largest absolute Gasteiger partial charge is 0.425 e. The third-order valence-corrected chi connectivity index (χ3v) is 3.35. The first kappa shape index (κ1) is 13.6. The number of hydrogen-bond acceptors (Lipinski definition) is 3. The van der Waals surface area contributed by atoms with E-state index in [-0.39, 0.29) is 12.5 Å². The molecule has 1 saturated carbocycles. The smallest absolute Gasteiger partial charge is 0.330 e. The summed E-state index contributed by atoms with van der Waals surface area (Å²) < 4.78 is 5.08. The van der Waals surface area contributed by atoms with Crippen LogP contribution in [0.1, 0.15) is 32.1 Å². The average Bonchev–Trinajstić information content (AvgIpc) is 2.90. The molecule has 1 N–H and O–H groups in total. The van der Waals surface area contributed by atoms with E-state index in [2.05, 4.69) is 5.32 Å². The van der Waals surface area contributed by atoms with Crippen molar-refractivity contribution in [1.29, 1.82) is 0 Å². The predicted molar refractivity (Wildman–Crippen MR) is 71.7 cm³/mol. The summed E-state index contributed by atoms with van der Waals surface area (Å²) in [4.78, 5) is 23.2. The van der Waals surface area contributed by atoms with Crippen LogP contribution in [0.15, 0.2) is 30.3 Å². The van der Waals surface area contributed by atoms with Crippen LogP contribution in [0.25, 0.3) is 0 Å². The normalized spacial score (nSPS) is 15.2. The standard InChI is InChI=1S/C15H19NO3/c17-14(10-12-6-4-5-7-12)16-11-15(18)19-13-8-2-1-3-9-13/h1-3,8-9,12H,4-7,10-11H2,(H,16,17). The zero-order chi connectivity index (χ0) is 13.5. The average molecular weight is 261 g/mol. The predicted octanol–water partition coefficient (Wildman–Crippen LogP) is 2.29. The summed E-state index contributed by atoms with van der Waals surface area (Å²) in [5.41, 5.74) is 0. The summed E-state index contributed by atoms with van der Waals surface area (Å²) in [6.45, 7) is -0.0690. The number of ether oxygens (including phenoxy) is 1. The van der Waals surface area contributed by atoms with Crippen LogP contribution in [-0.2, 0) is 9.59 Å². The maximum absolute atomic E-state index is 11.6. The van der Waals surface area contributed by atoms with Crippen molar-refractivity contribution in [3.05, 3.63) is 30.3 Å². The molecule has 0 bridgehead atoms. The third kappa shape index (κ3) is 4.73. The van der Waals surface area contributed by atoms with Crippen LogP contribution in [-0.4, -0.2) is 18.4 Å². The maximum atomic E-state index is 11.6. The quantitative estimate of drug-likeness (QED) is 0.653. The second kappa shape index (κ2) is 6.92. The van der Waals surface area contributed by atoms with Crippen LogP contribution in [0.5, 0.6) is 5.75 Å². The molecule has 1 aliphatic rings. The molecule has 0 saturated heterocycles. The van der Waals surface area contributed by atoms with E-state index in [4.69, 9.17) is 4.74 Å². The van der Waals surface area contributed by atoms with Gasteiger partial charge in [0.15, 0.2) is 0 Å². The highest BCUT2D eigenvalue weighted by Crippen LogP contribution is 2.27. The van der Waals surface area contributed by atoms with Crippen molar-refractivity contribution in [2.24, 2.45) is 5.92 Å². The lowest BCUT2D eigenvalue weighted by Crippen LogP contribution is -2.32. The van der Waals surface area contributed by atoms with Gasteiger partial charge in [-0.3, -0.25) is 4.79 Å². The number of carbonyl (C=O) groups is 2. The molecule has 4 heteroatoms. The molecule has 0 aromatic heterocycles. The number of amides is 1. The molecule has 0 unspecified atom stereocenters. The van der Waals surface area contributed by atoms with Gasteiger partial charge in [0.25, 0.3) is 0 Å². The van der Waals surface area contributed by atoms with E-state index in [9.17, 15) is 9.59 Å². The van der Waals surface area contributed by atoms with Crippen LogP contribution in [0.3, 0.4) is 0 Å². The summed E-state index contributed by atoms with van der Waals surface area (Å²) in [7, 11) is 0. The molecule has 0 spiro atoms. The highest BCUT2D eigenvalue weighted by Gasteiger charge is 2.18. The Kier molecular flexibility index (Phi) is 4.95. The first-order valence-corrected chi connectivity index (χ1v) is 6.76. The van der Waals surface area contributed by atoms with E-state index in [1.807, 2.05) is 6.07 Å². The summed E-state index contributed by atoms with van der Waals surface area (Å²) in [5, 5.41) is 2.62. The Balaban J connectivity index is 1.67. The molecule has 0 radical (unpaired) electrons. The van der Waals surface area contributed by atoms with Gasteiger partial charge in [-0.05, 0) is 30.9 Å². The Morgan fingerprint density at radius 1 is 1.16 bits per heavy atom. The summed E-state index contributed by atoms with van der Waals surface area (Å²) >= 11 is 0. The van der Waals surface area contributed by atoms with Crippen molar-refractivity contribution < 1.29 is 14.3 Å². The second-order valence-electron chi connectivity index (χ2n) is 4.92. The lowest BCUT2D eigenvalue weighted by atomic mass is 10.0. The molecule has 0 heterocycles. The number of nitrogens with one attached hydrogen (secondary N) is 1. The first-order valence-electron chi connectivity index (χ1n) is 6.76. The Bertz CT molecular complexity index is 424. The minimum atomic E-state index is -0.439. The van der Waals surface area contributed by atoms with Crippen LogP contribution in [0.4, 0.5) is 0 Å². The highest BCUT2D eigenvalue weighted by molar-refractivity contribution is 5.82. The van der Waals surface area contributed by atoms with Gasteiger partial charge in [0.05, 0.1) is 0 Å². The van der Waals surface area contributed by atoms with Gasteiger partial charge >= 0.3 is 5.97 Å². The molecule has 1 amide bonds. The third-order valence-electron chi connectivity index (χ3n) is 3.35. The molecule has 0 aliphatic heterocycles. The van der Waals surface area contributed by atoms with Gasteiger partial charge in [0.2, 0.25) is 5.91 Å². The molecule has 1 aliphatic carbocycles. The maximum Gasteiger partial charge on any atom is 0.330 e. The van der Waals surface area contributed by atoms with Gasteiger partial charge in [-0.2, -0.15) is 0 Å². The number of hydrogen-bond donors (Lipinski definition) is 1. The first-order chi connectivity index (χ1) is 9.24. The second-order valence-corrected chi connectivity index (χ2v) is 4.92. The SMILES string of the molecule is O=C(CC1CCCC1)NCC(=O)Oc1ccccc1. The highest BCUT2D eigenvalue weighted by atomic mass is 16.5. The van der Waals surface area contributed by atoms with Crippen molar-refractivity contribution in [2.45, 2.75) is 32.1 Å². The number of esters is 1. The number of benzene rings is 1. The molecule has 2 rings (SSSR count). The molecular weight excluding hydrogens is 242 g/mol. The molecular formula is C15H19NO3. The van der Waals surface area contributed by atoms with Crippen LogP contribution in [0.2, 0.25) is 0 Å². The van der Waals surface area contributed by atoms with Crippen LogP contribution >= 0.6 is 0 Å². The van der Waals surface area contributed by atoms with E-state index in [1.165, 1.54) is 12.8 Å². The molecule has 102 valence electrons. The van der Waals surface area contributed by atoms with Crippen molar-refractivity contribution in [3.8, 4) is 5.75 Å². The van der Waals surface area contributed by atoms with Gasteiger partial charge in [-0.1, -0.05) is 31.0 Å². The van der Waals surface area contributed by atoms with Crippen molar-refractivity contribution in [1.82, 2.24) is 5.32 Å². The minimum absolute atomic E-state index is 0.0584. The Morgan fingerprint density at radius 3 is 2.53 bits per heavy atom. The summed E-state index contributed by atoms with van der Waals surface area (Å²) in [6.07, 6.45) is 5.21. The van der Waals surface area contributed by atoms with Gasteiger partial charge in [-0.25, -0.2) is 4.79 Å². The topological polar surface area (TPSA) is 55.4 Å². The van der Waals surface area contributed by atoms with Gasteiger partial charge in [0.1, 0.15) is 12.3 Å². The zero-order valence-electron chi connectivity index (χ0n) is 10.9. The number of carbonyl (C=O) groups excluding carboxylic acids is 2. The van der Waals surface area contributed by atoms with Crippen LogP contribution in [0, 0.1) is 5.92 Å². The van der Waals surface area contributed by atoms with E-state index in [1.54, 1.807) is 24.3 Å². The molecule has 0 atom stereocenters. The molecule has 1 aromatic carbocycles. The van der Waals surface area contributed by atoms with Crippen molar-refractivity contribution in [3.63, 3.8) is 0 Å². The Morgan fingerprint density at radius 2 is 1.84 bits per heavy atom. The van der Waals surface area contributed by atoms with E-state index in [0.717, 1.165) is 12.8 Å².